The van der Waals surface area contributed by atoms with E-state index in [9.17, 15) is 4.79 Å². The first-order valence-corrected chi connectivity index (χ1v) is 9.44. The second kappa shape index (κ2) is 12.6. The van der Waals surface area contributed by atoms with Gasteiger partial charge in [0.05, 0.1) is 6.54 Å². The van der Waals surface area contributed by atoms with Crippen LogP contribution in [0.2, 0.25) is 5.02 Å². The minimum Gasteiger partial charge on any atom is -0.357 e. The summed E-state index contributed by atoms with van der Waals surface area (Å²) in [5.41, 5.74) is 2.96. The van der Waals surface area contributed by atoms with E-state index in [0.717, 1.165) is 36.1 Å². The molecule has 0 saturated carbocycles. The van der Waals surface area contributed by atoms with Gasteiger partial charge in [-0.3, -0.25) is 4.79 Å². The molecule has 0 aromatic heterocycles. The second-order valence-corrected chi connectivity index (χ2v) is 6.83. The van der Waals surface area contributed by atoms with E-state index < -0.39 is 0 Å². The number of rotatable bonds is 7. The molecule has 1 amide bonds. The molecule has 0 heterocycles. The van der Waals surface area contributed by atoms with Gasteiger partial charge >= 0.3 is 0 Å². The lowest BCUT2D eigenvalue weighted by atomic mass is 10.1. The highest BCUT2D eigenvalue weighted by Gasteiger charge is 2.07. The summed E-state index contributed by atoms with van der Waals surface area (Å²) in [5, 5.41) is 7.34. The normalized spacial score (nSPS) is 10.8. The Morgan fingerprint density at radius 2 is 1.61 bits per heavy atom. The number of benzene rings is 2. The van der Waals surface area contributed by atoms with Crippen molar-refractivity contribution >= 4 is 47.4 Å². The Hall–Kier alpha value is -1.80. The van der Waals surface area contributed by atoms with Gasteiger partial charge in [-0.2, -0.15) is 0 Å². The molecule has 0 aliphatic heterocycles. The molecule has 2 N–H and O–H groups in total. The smallest absolute Gasteiger partial charge is 0.253 e. The van der Waals surface area contributed by atoms with Crippen molar-refractivity contribution < 1.29 is 4.79 Å². The van der Waals surface area contributed by atoms with Crippen molar-refractivity contribution in [3.05, 3.63) is 70.2 Å². The van der Waals surface area contributed by atoms with Crippen LogP contribution >= 0.6 is 35.6 Å². The number of aliphatic imine (C=N–C) groups is 1. The van der Waals surface area contributed by atoms with Crippen LogP contribution in [0.3, 0.4) is 0 Å². The van der Waals surface area contributed by atoms with Crippen molar-refractivity contribution in [3.63, 3.8) is 0 Å². The minimum atomic E-state index is 0. The van der Waals surface area contributed by atoms with Gasteiger partial charge in [0.2, 0.25) is 0 Å². The van der Waals surface area contributed by atoms with Crippen LogP contribution in [0.1, 0.15) is 28.4 Å². The van der Waals surface area contributed by atoms with Crippen LogP contribution in [0.25, 0.3) is 0 Å². The molecule has 0 radical (unpaired) electrons. The van der Waals surface area contributed by atoms with Gasteiger partial charge in [-0.15, -0.1) is 24.0 Å². The molecule has 2 rings (SSSR count). The zero-order valence-electron chi connectivity index (χ0n) is 16.5. The molecule has 152 valence electrons. The summed E-state index contributed by atoms with van der Waals surface area (Å²) in [6.07, 6.45) is 0.892. The lowest BCUT2D eigenvalue weighted by Crippen LogP contribution is -2.38. The van der Waals surface area contributed by atoms with Gasteiger partial charge in [0.1, 0.15) is 0 Å². The molecule has 0 fully saturated rings. The number of hydrogen-bond acceptors (Lipinski definition) is 2. The fourth-order valence-electron chi connectivity index (χ4n) is 2.50. The third-order valence-electron chi connectivity index (χ3n) is 3.99. The number of amides is 1. The maximum Gasteiger partial charge on any atom is 0.253 e. The van der Waals surface area contributed by atoms with E-state index in [1.807, 2.05) is 55.5 Å². The number of halogens is 2. The van der Waals surface area contributed by atoms with Gasteiger partial charge in [0.25, 0.3) is 5.91 Å². The second-order valence-electron chi connectivity index (χ2n) is 6.39. The lowest BCUT2D eigenvalue weighted by Gasteiger charge is -2.12. The summed E-state index contributed by atoms with van der Waals surface area (Å²) in [4.78, 5) is 18.1. The summed E-state index contributed by atoms with van der Waals surface area (Å²) >= 11 is 5.91. The number of hydrogen-bond donors (Lipinski definition) is 2. The van der Waals surface area contributed by atoms with E-state index in [-0.39, 0.29) is 29.9 Å². The molecular formula is C21H28ClIN4O. The highest BCUT2D eigenvalue weighted by molar-refractivity contribution is 14.0. The standard InChI is InChI=1S/C21H27ClN4O.HI/c1-4-23-21(24-14-13-16-7-11-19(22)12-8-16)25-15-17-5-9-18(10-6-17)20(27)26(2)3;/h5-12H,4,13-15H2,1-3H3,(H2,23,24,25);1H. The van der Waals surface area contributed by atoms with E-state index in [0.29, 0.717) is 12.1 Å². The number of carbonyl (C=O) groups is 1. The number of carbonyl (C=O) groups excluding carboxylic acids is 1. The van der Waals surface area contributed by atoms with E-state index in [1.165, 1.54) is 5.56 Å². The monoisotopic (exact) mass is 514 g/mol. The summed E-state index contributed by atoms with van der Waals surface area (Å²) in [7, 11) is 3.50. The molecule has 5 nitrogen and oxygen atoms in total. The third-order valence-corrected chi connectivity index (χ3v) is 4.24. The first-order chi connectivity index (χ1) is 13.0. The first-order valence-electron chi connectivity index (χ1n) is 9.07. The van der Waals surface area contributed by atoms with Crippen LogP contribution in [-0.2, 0) is 13.0 Å². The Bertz CT molecular complexity index is 761. The molecule has 2 aromatic carbocycles. The highest BCUT2D eigenvalue weighted by atomic mass is 127. The number of nitrogens with one attached hydrogen (secondary N) is 2. The largest absolute Gasteiger partial charge is 0.357 e. The number of guanidine groups is 1. The first kappa shape index (κ1) is 24.2. The summed E-state index contributed by atoms with van der Waals surface area (Å²) < 4.78 is 0. The van der Waals surface area contributed by atoms with Gasteiger partial charge < -0.3 is 15.5 Å². The molecule has 2 aromatic rings. The topological polar surface area (TPSA) is 56.7 Å². The van der Waals surface area contributed by atoms with Gasteiger partial charge in [0.15, 0.2) is 5.96 Å². The summed E-state index contributed by atoms with van der Waals surface area (Å²) in [5.74, 6) is 0.780. The van der Waals surface area contributed by atoms with Crippen molar-refractivity contribution in [2.24, 2.45) is 4.99 Å². The van der Waals surface area contributed by atoms with Gasteiger partial charge in [-0.1, -0.05) is 35.9 Å². The molecule has 0 aliphatic rings. The molecule has 0 aliphatic carbocycles. The quantitative estimate of drug-likeness (QED) is 0.334. The predicted molar refractivity (Wildman–Crippen MR) is 128 cm³/mol. The Kier molecular flexibility index (Phi) is 10.9. The van der Waals surface area contributed by atoms with Crippen molar-refractivity contribution in [2.45, 2.75) is 19.9 Å². The fraction of sp³-hybridized carbons (Fsp3) is 0.333. The van der Waals surface area contributed by atoms with E-state index >= 15 is 0 Å². The maximum absolute atomic E-state index is 11.9. The van der Waals surface area contributed by atoms with Gasteiger partial charge in [-0.05, 0) is 48.7 Å². The average Bonchev–Trinajstić information content (AvgIpc) is 2.67. The minimum absolute atomic E-state index is 0. The molecule has 0 bridgehead atoms. The molecule has 0 spiro atoms. The van der Waals surface area contributed by atoms with Crippen LogP contribution < -0.4 is 10.6 Å². The van der Waals surface area contributed by atoms with Crippen LogP contribution in [0.4, 0.5) is 0 Å². The third kappa shape index (κ3) is 8.06. The summed E-state index contributed by atoms with van der Waals surface area (Å²) in [6, 6.07) is 15.4. The zero-order valence-corrected chi connectivity index (χ0v) is 19.6. The van der Waals surface area contributed by atoms with Crippen LogP contribution in [-0.4, -0.2) is 44.0 Å². The molecule has 28 heavy (non-hydrogen) atoms. The van der Waals surface area contributed by atoms with E-state index in [4.69, 9.17) is 11.6 Å². The molecule has 0 saturated heterocycles. The van der Waals surface area contributed by atoms with Crippen LogP contribution in [0.15, 0.2) is 53.5 Å². The molecular weight excluding hydrogens is 487 g/mol. The van der Waals surface area contributed by atoms with Crippen molar-refractivity contribution in [1.82, 2.24) is 15.5 Å². The lowest BCUT2D eigenvalue weighted by molar-refractivity contribution is 0.0827. The van der Waals surface area contributed by atoms with Crippen LogP contribution in [0.5, 0.6) is 0 Å². The SMILES string of the molecule is CCNC(=NCc1ccc(C(=O)N(C)C)cc1)NCCc1ccc(Cl)cc1.I. The van der Waals surface area contributed by atoms with Gasteiger partial charge in [-0.25, -0.2) is 4.99 Å². The summed E-state index contributed by atoms with van der Waals surface area (Å²) in [6.45, 7) is 4.16. The maximum atomic E-state index is 11.9. The van der Waals surface area contributed by atoms with Crippen LogP contribution in [0, 0.1) is 0 Å². The molecule has 0 unspecified atom stereocenters. The van der Waals surface area contributed by atoms with Crippen molar-refractivity contribution in [2.75, 3.05) is 27.2 Å². The van der Waals surface area contributed by atoms with E-state index in [2.05, 4.69) is 15.6 Å². The van der Waals surface area contributed by atoms with E-state index in [1.54, 1.807) is 19.0 Å². The Morgan fingerprint density at radius 3 is 2.18 bits per heavy atom. The predicted octanol–water partition coefficient (Wildman–Crippen LogP) is 3.96. The average molecular weight is 515 g/mol. The Balaban J connectivity index is 0.00000392. The Labute approximate surface area is 189 Å². The Morgan fingerprint density at radius 1 is 1.00 bits per heavy atom. The highest BCUT2D eigenvalue weighted by Crippen LogP contribution is 2.10. The molecule has 0 atom stereocenters. The fourth-order valence-corrected chi connectivity index (χ4v) is 2.63. The zero-order chi connectivity index (χ0) is 19.6. The number of nitrogens with zero attached hydrogens (tertiary/aromatic N) is 2. The van der Waals surface area contributed by atoms with Crippen molar-refractivity contribution in [3.8, 4) is 0 Å². The van der Waals surface area contributed by atoms with Gasteiger partial charge in [0, 0.05) is 37.8 Å². The van der Waals surface area contributed by atoms with Crippen molar-refractivity contribution in [1.29, 1.82) is 0 Å². The molecule has 7 heteroatoms.